The molecule has 1 aromatic heterocycles. The summed E-state index contributed by atoms with van der Waals surface area (Å²) in [7, 11) is 0. The third kappa shape index (κ3) is 1.17. The summed E-state index contributed by atoms with van der Waals surface area (Å²) in [6, 6.07) is 10.2. The summed E-state index contributed by atoms with van der Waals surface area (Å²) in [6.07, 6.45) is 3.85. The van der Waals surface area contributed by atoms with E-state index in [1.807, 2.05) is 36.7 Å². The second kappa shape index (κ2) is 3.03. The van der Waals surface area contributed by atoms with Crippen LogP contribution in [-0.4, -0.2) is 11.2 Å². The highest BCUT2D eigenvalue weighted by Crippen LogP contribution is 2.37. The van der Waals surface area contributed by atoms with Crippen LogP contribution < -0.4 is 0 Å². The molecule has 0 aliphatic carbocycles. The molecule has 0 amide bonds. The highest BCUT2D eigenvalue weighted by atomic mass is 32.2. The molecule has 3 rings (SSSR count). The van der Waals surface area contributed by atoms with Crippen molar-refractivity contribution in [3.05, 3.63) is 42.1 Å². The van der Waals surface area contributed by atoms with Gasteiger partial charge in [0.25, 0.3) is 0 Å². The summed E-state index contributed by atoms with van der Waals surface area (Å²) in [5.41, 5.74) is 2.20. The van der Waals surface area contributed by atoms with E-state index in [1.165, 1.54) is 9.92 Å². The lowest BCUT2D eigenvalue weighted by molar-refractivity contribution is 1.20. The Hall–Kier alpha value is -1.48. The van der Waals surface area contributed by atoms with Crippen LogP contribution >= 0.6 is 11.8 Å². The molecular weight excluding hydrogens is 192 g/mol. The molecule has 1 aliphatic rings. The van der Waals surface area contributed by atoms with E-state index in [0.717, 1.165) is 11.3 Å². The summed E-state index contributed by atoms with van der Waals surface area (Å²) in [6.45, 7) is 0. The minimum Gasteiger partial charge on any atom is -0.356 e. The smallest absolute Gasteiger partial charge is 0.0860 e. The van der Waals surface area contributed by atoms with Gasteiger partial charge in [-0.2, -0.15) is 0 Å². The molecule has 2 aromatic rings. The molecule has 0 atom stereocenters. The first-order valence-corrected chi connectivity index (χ1v) is 5.23. The van der Waals surface area contributed by atoms with Gasteiger partial charge in [0.1, 0.15) is 0 Å². The van der Waals surface area contributed by atoms with E-state index < -0.39 is 0 Å². The Morgan fingerprint density at radius 2 is 2.07 bits per heavy atom. The Balaban J connectivity index is 2.19. The number of benzene rings is 1. The van der Waals surface area contributed by atoms with E-state index in [-0.39, 0.29) is 0 Å². The molecule has 3 heteroatoms. The zero-order valence-electron chi connectivity index (χ0n) is 7.40. The number of hydrogen-bond donors (Lipinski definition) is 1. The van der Waals surface area contributed by atoms with Crippen molar-refractivity contribution in [3.8, 4) is 0 Å². The van der Waals surface area contributed by atoms with Crippen LogP contribution in [0.25, 0.3) is 0 Å². The van der Waals surface area contributed by atoms with Gasteiger partial charge in [0.05, 0.1) is 10.7 Å². The topological polar surface area (TPSA) is 28.1 Å². The van der Waals surface area contributed by atoms with Crippen LogP contribution in [-0.2, 0) is 0 Å². The summed E-state index contributed by atoms with van der Waals surface area (Å²) in [4.78, 5) is 8.84. The Labute approximate surface area is 86.1 Å². The first-order chi connectivity index (χ1) is 6.93. The number of nitrogens with zero attached hydrogens (tertiary/aromatic N) is 1. The number of H-pyrrole nitrogens is 1. The summed E-state index contributed by atoms with van der Waals surface area (Å²) >= 11 is 1.73. The number of hydrogen-bond acceptors (Lipinski definition) is 2. The van der Waals surface area contributed by atoms with Crippen LogP contribution in [0, 0.1) is 0 Å². The average molecular weight is 200 g/mol. The van der Waals surface area contributed by atoms with E-state index in [2.05, 4.69) is 16.0 Å². The number of aromatic amines is 1. The zero-order chi connectivity index (χ0) is 9.38. The van der Waals surface area contributed by atoms with Crippen LogP contribution in [0.5, 0.6) is 0 Å². The minimum atomic E-state index is 1.04. The quantitative estimate of drug-likeness (QED) is 0.593. The van der Waals surface area contributed by atoms with Gasteiger partial charge in [-0.05, 0) is 18.2 Å². The molecule has 0 saturated carbocycles. The van der Waals surface area contributed by atoms with Gasteiger partial charge in [0, 0.05) is 22.9 Å². The lowest BCUT2D eigenvalue weighted by Crippen LogP contribution is -1.76. The molecule has 1 aliphatic heterocycles. The molecule has 0 spiro atoms. The molecule has 0 fully saturated rings. The fraction of sp³-hybridized carbons (Fsp3) is 0. The molecule has 14 heavy (non-hydrogen) atoms. The van der Waals surface area contributed by atoms with Crippen molar-refractivity contribution in [1.82, 2.24) is 4.98 Å². The SMILES string of the molecule is C1=Nc2ccccc2Sc2[nH]ccc21. The van der Waals surface area contributed by atoms with Crippen LogP contribution in [0.3, 0.4) is 0 Å². The van der Waals surface area contributed by atoms with Crippen LogP contribution in [0.1, 0.15) is 5.56 Å². The van der Waals surface area contributed by atoms with Crippen LogP contribution in [0.15, 0.2) is 51.4 Å². The van der Waals surface area contributed by atoms with Crippen molar-refractivity contribution in [1.29, 1.82) is 0 Å². The van der Waals surface area contributed by atoms with Crippen molar-refractivity contribution < 1.29 is 0 Å². The predicted molar refractivity (Wildman–Crippen MR) is 58.6 cm³/mol. The molecule has 0 saturated heterocycles. The van der Waals surface area contributed by atoms with Gasteiger partial charge in [-0.1, -0.05) is 23.9 Å². The molecule has 68 valence electrons. The largest absolute Gasteiger partial charge is 0.356 e. The Bertz CT molecular complexity index is 499. The van der Waals surface area contributed by atoms with Gasteiger partial charge in [-0.15, -0.1) is 0 Å². The predicted octanol–water partition coefficient (Wildman–Crippen LogP) is 3.23. The van der Waals surface area contributed by atoms with Crippen molar-refractivity contribution in [3.63, 3.8) is 0 Å². The van der Waals surface area contributed by atoms with Gasteiger partial charge < -0.3 is 4.98 Å². The van der Waals surface area contributed by atoms with Crippen molar-refractivity contribution in [2.24, 2.45) is 4.99 Å². The first-order valence-electron chi connectivity index (χ1n) is 4.42. The number of aromatic nitrogens is 1. The Kier molecular flexibility index (Phi) is 1.70. The minimum absolute atomic E-state index is 1.04. The summed E-state index contributed by atoms with van der Waals surface area (Å²) in [5, 5.41) is 1.17. The molecule has 0 unspecified atom stereocenters. The molecular formula is C11H8N2S. The maximum atomic E-state index is 4.43. The molecule has 2 nitrogen and oxygen atoms in total. The van der Waals surface area contributed by atoms with Crippen molar-refractivity contribution in [2.75, 3.05) is 0 Å². The molecule has 1 N–H and O–H groups in total. The van der Waals surface area contributed by atoms with Gasteiger partial charge in [0.2, 0.25) is 0 Å². The summed E-state index contributed by atoms with van der Waals surface area (Å²) in [5.74, 6) is 0. The highest BCUT2D eigenvalue weighted by molar-refractivity contribution is 7.99. The maximum absolute atomic E-state index is 4.43. The van der Waals surface area contributed by atoms with Gasteiger partial charge in [-0.3, -0.25) is 4.99 Å². The lowest BCUT2D eigenvalue weighted by Gasteiger charge is -2.00. The van der Waals surface area contributed by atoms with Gasteiger partial charge >= 0.3 is 0 Å². The zero-order valence-corrected chi connectivity index (χ0v) is 8.21. The van der Waals surface area contributed by atoms with Crippen LogP contribution in [0.2, 0.25) is 0 Å². The fourth-order valence-electron chi connectivity index (χ4n) is 1.46. The van der Waals surface area contributed by atoms with E-state index >= 15 is 0 Å². The fourth-order valence-corrected chi connectivity index (χ4v) is 2.41. The monoisotopic (exact) mass is 200 g/mol. The highest BCUT2D eigenvalue weighted by Gasteiger charge is 2.10. The molecule has 1 aromatic carbocycles. The normalized spacial score (nSPS) is 13.1. The number of para-hydroxylation sites is 1. The van der Waals surface area contributed by atoms with Gasteiger partial charge in [0.15, 0.2) is 0 Å². The standard InChI is InChI=1S/C11H8N2S/c1-2-4-10-9(3-1)13-7-8-5-6-12-11(8)14-10/h1-7,12H. The summed E-state index contributed by atoms with van der Waals surface area (Å²) < 4.78 is 0. The maximum Gasteiger partial charge on any atom is 0.0860 e. The average Bonchev–Trinajstić information content (AvgIpc) is 2.58. The number of aliphatic imine (C=N–C) groups is 1. The number of nitrogens with one attached hydrogen (secondary N) is 1. The number of rotatable bonds is 0. The molecule has 0 radical (unpaired) electrons. The first kappa shape index (κ1) is 7.88. The van der Waals surface area contributed by atoms with E-state index in [9.17, 15) is 0 Å². The van der Waals surface area contributed by atoms with E-state index in [4.69, 9.17) is 0 Å². The molecule has 0 bridgehead atoms. The second-order valence-electron chi connectivity index (χ2n) is 3.09. The number of fused-ring (bicyclic) bond motifs is 2. The van der Waals surface area contributed by atoms with E-state index in [0.29, 0.717) is 0 Å². The van der Waals surface area contributed by atoms with Crippen molar-refractivity contribution >= 4 is 23.7 Å². The Morgan fingerprint density at radius 1 is 1.14 bits per heavy atom. The van der Waals surface area contributed by atoms with Crippen molar-refractivity contribution in [2.45, 2.75) is 9.92 Å². The lowest BCUT2D eigenvalue weighted by atomic mass is 10.3. The second-order valence-corrected chi connectivity index (χ2v) is 4.14. The molecule has 2 heterocycles. The van der Waals surface area contributed by atoms with Crippen LogP contribution in [0.4, 0.5) is 5.69 Å². The third-order valence-corrected chi connectivity index (χ3v) is 3.28. The van der Waals surface area contributed by atoms with E-state index in [1.54, 1.807) is 11.8 Å². The third-order valence-electron chi connectivity index (χ3n) is 2.16. The Morgan fingerprint density at radius 3 is 3.07 bits per heavy atom. The van der Waals surface area contributed by atoms with Gasteiger partial charge in [-0.25, -0.2) is 0 Å².